The maximum absolute atomic E-state index is 13.7. The van der Waals surface area contributed by atoms with Crippen LogP contribution in [-0.2, 0) is 0 Å². The number of amides is 1. The molecule has 0 unspecified atom stereocenters. The van der Waals surface area contributed by atoms with Gasteiger partial charge in [0.05, 0.1) is 16.3 Å². The average molecular weight is 343 g/mol. The molecule has 0 aliphatic rings. The van der Waals surface area contributed by atoms with Gasteiger partial charge in [-0.25, -0.2) is 4.39 Å². The molecule has 0 aliphatic heterocycles. The summed E-state index contributed by atoms with van der Waals surface area (Å²) in [5.74, 6) is -1.43. The molecule has 2 rings (SSSR count). The Labute approximate surface area is 135 Å². The first kappa shape index (κ1) is 15.7. The molecule has 3 nitrogen and oxygen atoms in total. The van der Waals surface area contributed by atoms with Crippen LogP contribution >= 0.6 is 35.4 Å². The van der Waals surface area contributed by atoms with Crippen molar-refractivity contribution in [2.75, 3.05) is 5.32 Å². The number of hydrogen-bond acceptors (Lipinski definition) is 2. The number of nitrogens with one attached hydrogen (secondary N) is 1. The van der Waals surface area contributed by atoms with E-state index in [-0.39, 0.29) is 15.6 Å². The summed E-state index contributed by atoms with van der Waals surface area (Å²) in [6.45, 7) is 0. The quantitative estimate of drug-likeness (QED) is 0.828. The second kappa shape index (κ2) is 6.39. The molecule has 0 aliphatic carbocycles. The van der Waals surface area contributed by atoms with E-state index in [1.54, 1.807) is 12.1 Å². The van der Waals surface area contributed by atoms with Crippen molar-refractivity contribution in [1.82, 2.24) is 0 Å². The van der Waals surface area contributed by atoms with Crippen LogP contribution in [0.2, 0.25) is 10.0 Å². The maximum atomic E-state index is 13.7. The first-order chi connectivity index (χ1) is 9.90. The lowest BCUT2D eigenvalue weighted by molar-refractivity contribution is 0.102. The number of benzene rings is 2. The molecular weight excluding hydrogens is 334 g/mol. The van der Waals surface area contributed by atoms with Crippen LogP contribution in [0.5, 0.6) is 0 Å². The fourth-order valence-electron chi connectivity index (χ4n) is 1.73. The van der Waals surface area contributed by atoms with Gasteiger partial charge in [-0.1, -0.05) is 41.5 Å². The van der Waals surface area contributed by atoms with E-state index < -0.39 is 11.7 Å². The second-order valence-corrected chi connectivity index (χ2v) is 5.39. The summed E-state index contributed by atoms with van der Waals surface area (Å²) in [4.78, 5) is 12.3. The summed E-state index contributed by atoms with van der Waals surface area (Å²) in [6, 6.07) is 8.61. The lowest BCUT2D eigenvalue weighted by Gasteiger charge is -2.12. The number of anilines is 1. The Morgan fingerprint density at radius 2 is 1.95 bits per heavy atom. The molecule has 2 aromatic rings. The number of carbonyl (C=O) groups is 1. The fourth-order valence-corrected chi connectivity index (χ4v) is 2.33. The van der Waals surface area contributed by atoms with Gasteiger partial charge in [0.1, 0.15) is 10.8 Å². The first-order valence-electron chi connectivity index (χ1n) is 5.75. The van der Waals surface area contributed by atoms with Crippen molar-refractivity contribution < 1.29 is 9.18 Å². The van der Waals surface area contributed by atoms with Crippen LogP contribution in [-0.4, -0.2) is 10.9 Å². The standard InChI is InChI=1S/C14H9Cl2FN2OS/c15-7-4-5-8(13(18)21)11(6-7)19-14(20)12-9(16)2-1-3-10(12)17/h1-6H,(H2,18,21)(H,19,20). The summed E-state index contributed by atoms with van der Waals surface area (Å²) in [5, 5.41) is 2.90. The van der Waals surface area contributed by atoms with E-state index >= 15 is 0 Å². The van der Waals surface area contributed by atoms with Crippen LogP contribution in [0, 0.1) is 5.82 Å². The highest BCUT2D eigenvalue weighted by Crippen LogP contribution is 2.24. The zero-order valence-corrected chi connectivity index (χ0v) is 12.8. The van der Waals surface area contributed by atoms with E-state index in [1.165, 1.54) is 18.2 Å². The minimum absolute atomic E-state index is 0.00593. The van der Waals surface area contributed by atoms with Crippen molar-refractivity contribution in [3.05, 3.63) is 63.4 Å². The summed E-state index contributed by atoms with van der Waals surface area (Å²) < 4.78 is 13.7. The number of hydrogen-bond donors (Lipinski definition) is 2. The minimum atomic E-state index is -0.723. The van der Waals surface area contributed by atoms with Crippen LogP contribution in [0.15, 0.2) is 36.4 Å². The molecule has 0 fully saturated rings. The molecule has 2 aromatic carbocycles. The normalized spacial score (nSPS) is 10.2. The lowest BCUT2D eigenvalue weighted by Crippen LogP contribution is -2.19. The fraction of sp³-hybridized carbons (Fsp3) is 0. The Bertz CT molecular complexity index is 717. The molecule has 0 saturated heterocycles. The number of nitrogens with two attached hydrogens (primary N) is 1. The predicted octanol–water partition coefficient (Wildman–Crippen LogP) is 4.02. The third kappa shape index (κ3) is 3.50. The summed E-state index contributed by atoms with van der Waals surface area (Å²) in [6.07, 6.45) is 0. The van der Waals surface area contributed by atoms with Gasteiger partial charge in [0.25, 0.3) is 5.91 Å². The van der Waals surface area contributed by atoms with Crippen molar-refractivity contribution in [1.29, 1.82) is 0 Å². The van der Waals surface area contributed by atoms with Crippen LogP contribution in [0.25, 0.3) is 0 Å². The van der Waals surface area contributed by atoms with Gasteiger partial charge in [0, 0.05) is 10.6 Å². The summed E-state index contributed by atoms with van der Waals surface area (Å²) in [5.41, 5.74) is 6.04. The van der Waals surface area contributed by atoms with E-state index in [4.69, 9.17) is 41.2 Å². The van der Waals surface area contributed by atoms with Crippen LogP contribution in [0.3, 0.4) is 0 Å². The van der Waals surface area contributed by atoms with Gasteiger partial charge < -0.3 is 11.1 Å². The zero-order chi connectivity index (χ0) is 15.6. The van der Waals surface area contributed by atoms with Crippen molar-refractivity contribution in [3.63, 3.8) is 0 Å². The second-order valence-electron chi connectivity index (χ2n) is 4.10. The van der Waals surface area contributed by atoms with Gasteiger partial charge >= 0.3 is 0 Å². The smallest absolute Gasteiger partial charge is 0.260 e. The molecule has 21 heavy (non-hydrogen) atoms. The van der Waals surface area contributed by atoms with Crippen LogP contribution < -0.4 is 11.1 Å². The van der Waals surface area contributed by atoms with Gasteiger partial charge in [-0.05, 0) is 30.3 Å². The Hall–Kier alpha value is -1.69. The largest absolute Gasteiger partial charge is 0.389 e. The predicted molar refractivity (Wildman–Crippen MR) is 86.7 cm³/mol. The molecule has 3 N–H and O–H groups in total. The van der Waals surface area contributed by atoms with Gasteiger partial charge in [0.2, 0.25) is 0 Å². The van der Waals surface area contributed by atoms with E-state index in [2.05, 4.69) is 5.32 Å². The molecule has 0 atom stereocenters. The monoisotopic (exact) mass is 342 g/mol. The Morgan fingerprint density at radius 3 is 2.57 bits per heavy atom. The molecule has 1 amide bonds. The van der Waals surface area contributed by atoms with E-state index in [1.807, 2.05) is 0 Å². The first-order valence-corrected chi connectivity index (χ1v) is 6.91. The highest BCUT2D eigenvalue weighted by molar-refractivity contribution is 7.80. The molecule has 0 aromatic heterocycles. The highest BCUT2D eigenvalue weighted by atomic mass is 35.5. The van der Waals surface area contributed by atoms with Gasteiger partial charge in [-0.2, -0.15) is 0 Å². The molecule has 0 heterocycles. The Kier molecular flexibility index (Phi) is 4.77. The molecular formula is C14H9Cl2FN2OS. The topological polar surface area (TPSA) is 55.1 Å². The lowest BCUT2D eigenvalue weighted by atomic mass is 10.1. The van der Waals surface area contributed by atoms with Gasteiger partial charge in [-0.3, -0.25) is 4.79 Å². The summed E-state index contributed by atoms with van der Waals surface area (Å²) in [7, 11) is 0. The average Bonchev–Trinajstić information content (AvgIpc) is 2.38. The minimum Gasteiger partial charge on any atom is -0.389 e. The van der Waals surface area contributed by atoms with Crippen molar-refractivity contribution in [2.24, 2.45) is 5.73 Å². The molecule has 0 saturated carbocycles. The SMILES string of the molecule is NC(=S)c1ccc(Cl)cc1NC(=O)c1c(F)cccc1Cl. The number of carbonyl (C=O) groups excluding carboxylic acids is 1. The molecule has 0 bridgehead atoms. The Morgan fingerprint density at radius 1 is 1.24 bits per heavy atom. The van der Waals surface area contributed by atoms with Gasteiger partial charge in [0.15, 0.2) is 0 Å². The van der Waals surface area contributed by atoms with E-state index in [0.29, 0.717) is 16.3 Å². The number of rotatable bonds is 3. The third-order valence-electron chi connectivity index (χ3n) is 2.69. The third-order valence-corrected chi connectivity index (χ3v) is 3.46. The molecule has 0 radical (unpaired) electrons. The number of halogens is 3. The molecule has 108 valence electrons. The number of thiocarbonyl (C=S) groups is 1. The van der Waals surface area contributed by atoms with E-state index in [9.17, 15) is 9.18 Å². The molecule has 0 spiro atoms. The maximum Gasteiger partial charge on any atom is 0.260 e. The van der Waals surface area contributed by atoms with Crippen LogP contribution in [0.1, 0.15) is 15.9 Å². The van der Waals surface area contributed by atoms with Crippen LogP contribution in [0.4, 0.5) is 10.1 Å². The Balaban J connectivity index is 2.40. The zero-order valence-electron chi connectivity index (χ0n) is 10.5. The highest BCUT2D eigenvalue weighted by Gasteiger charge is 2.17. The van der Waals surface area contributed by atoms with Crippen molar-refractivity contribution in [3.8, 4) is 0 Å². The molecule has 7 heteroatoms. The van der Waals surface area contributed by atoms with Crippen molar-refractivity contribution in [2.45, 2.75) is 0 Å². The van der Waals surface area contributed by atoms with Gasteiger partial charge in [-0.15, -0.1) is 0 Å². The van der Waals surface area contributed by atoms with E-state index in [0.717, 1.165) is 6.07 Å². The summed E-state index contributed by atoms with van der Waals surface area (Å²) >= 11 is 16.6. The van der Waals surface area contributed by atoms with Crippen molar-refractivity contribution >= 4 is 52.0 Å².